The summed E-state index contributed by atoms with van der Waals surface area (Å²) in [5.74, 6) is -1.66. The molecule has 20 heavy (non-hydrogen) atoms. The molecule has 7 heteroatoms. The van der Waals surface area contributed by atoms with Gasteiger partial charge in [-0.05, 0) is 19.1 Å². The minimum absolute atomic E-state index is 0.00446. The summed E-state index contributed by atoms with van der Waals surface area (Å²) in [4.78, 5) is 22.7. The van der Waals surface area contributed by atoms with Gasteiger partial charge < -0.3 is 26.0 Å². The minimum atomic E-state index is -1.17. The van der Waals surface area contributed by atoms with Gasteiger partial charge in [0, 0.05) is 18.3 Å². The highest BCUT2D eigenvalue weighted by atomic mass is 16.4. The Labute approximate surface area is 116 Å². The van der Waals surface area contributed by atoms with Gasteiger partial charge in [0.05, 0.1) is 12.5 Å². The summed E-state index contributed by atoms with van der Waals surface area (Å²) >= 11 is 0. The van der Waals surface area contributed by atoms with Gasteiger partial charge in [0.2, 0.25) is 5.91 Å². The van der Waals surface area contributed by atoms with Crippen molar-refractivity contribution in [2.45, 2.75) is 25.5 Å². The molecule has 0 aliphatic rings. The lowest BCUT2D eigenvalue weighted by molar-refractivity contribution is -0.141. The molecule has 1 rings (SSSR count). The van der Waals surface area contributed by atoms with Gasteiger partial charge in [0.15, 0.2) is 0 Å². The second kappa shape index (κ2) is 7.46. The molecule has 0 heterocycles. The maximum Gasteiger partial charge on any atom is 0.321 e. The van der Waals surface area contributed by atoms with Crippen molar-refractivity contribution in [2.75, 3.05) is 11.9 Å². The molecule has 0 saturated carbocycles. The number of amides is 1. The van der Waals surface area contributed by atoms with E-state index in [0.717, 1.165) is 0 Å². The molecule has 0 aliphatic heterocycles. The summed E-state index contributed by atoms with van der Waals surface area (Å²) in [6.45, 7) is 1.59. The summed E-state index contributed by atoms with van der Waals surface area (Å²) in [6, 6.07) is 4.88. The molecule has 1 aromatic rings. The number of nitrogens with one attached hydrogen (secondary N) is 2. The number of phenolic OH excluding ortho intramolecular Hbond substituents is 1. The van der Waals surface area contributed by atoms with E-state index < -0.39 is 24.0 Å². The van der Waals surface area contributed by atoms with Gasteiger partial charge in [0.1, 0.15) is 11.8 Å². The first kappa shape index (κ1) is 15.9. The van der Waals surface area contributed by atoms with Crippen molar-refractivity contribution in [1.82, 2.24) is 5.32 Å². The number of anilines is 1. The van der Waals surface area contributed by atoms with Gasteiger partial charge in [-0.3, -0.25) is 9.59 Å². The molecule has 1 amide bonds. The number of aliphatic hydroxyl groups excluding tert-OH is 1. The third-order valence-electron chi connectivity index (χ3n) is 2.48. The van der Waals surface area contributed by atoms with Crippen molar-refractivity contribution in [1.29, 1.82) is 0 Å². The number of benzene rings is 1. The number of carboxylic acid groups (broad SMARTS) is 1. The van der Waals surface area contributed by atoms with Crippen molar-refractivity contribution >= 4 is 17.6 Å². The highest BCUT2D eigenvalue weighted by molar-refractivity contribution is 5.94. The largest absolute Gasteiger partial charge is 0.508 e. The third kappa shape index (κ3) is 5.68. The molecule has 0 fully saturated rings. The van der Waals surface area contributed by atoms with Crippen LogP contribution in [0.25, 0.3) is 0 Å². The second-order valence-corrected chi connectivity index (χ2v) is 4.45. The van der Waals surface area contributed by atoms with Crippen molar-refractivity contribution in [2.24, 2.45) is 0 Å². The molecule has 0 aromatic heterocycles. The van der Waals surface area contributed by atoms with E-state index in [-0.39, 0.29) is 18.7 Å². The summed E-state index contributed by atoms with van der Waals surface area (Å²) in [7, 11) is 0. The first-order valence-corrected chi connectivity index (χ1v) is 6.11. The van der Waals surface area contributed by atoms with Crippen molar-refractivity contribution in [3.63, 3.8) is 0 Å². The number of rotatable bonds is 7. The molecule has 2 unspecified atom stereocenters. The van der Waals surface area contributed by atoms with Crippen molar-refractivity contribution in [3.05, 3.63) is 24.3 Å². The van der Waals surface area contributed by atoms with E-state index in [9.17, 15) is 14.7 Å². The highest BCUT2D eigenvalue weighted by Gasteiger charge is 2.21. The zero-order chi connectivity index (χ0) is 15.1. The molecule has 0 bridgehead atoms. The van der Waals surface area contributed by atoms with E-state index in [2.05, 4.69) is 10.6 Å². The Morgan fingerprint density at radius 3 is 2.60 bits per heavy atom. The van der Waals surface area contributed by atoms with E-state index in [1.54, 1.807) is 12.1 Å². The molecule has 0 radical (unpaired) electrons. The Kier molecular flexibility index (Phi) is 5.95. The first-order chi connectivity index (χ1) is 9.38. The number of hydrogen-bond donors (Lipinski definition) is 5. The topological polar surface area (TPSA) is 119 Å². The van der Waals surface area contributed by atoms with Gasteiger partial charge in [-0.15, -0.1) is 0 Å². The maximum absolute atomic E-state index is 11.7. The number of carbonyl (C=O) groups excluding carboxylic acids is 1. The monoisotopic (exact) mass is 282 g/mol. The molecule has 7 nitrogen and oxygen atoms in total. The summed E-state index contributed by atoms with van der Waals surface area (Å²) < 4.78 is 0. The standard InChI is InChI=1S/C13H18N2O5/c1-8(16)7-14-11(13(19)20)6-12(18)15-9-3-2-4-10(17)5-9/h2-5,8,11,14,16-17H,6-7H2,1H3,(H,15,18)(H,19,20). The average molecular weight is 282 g/mol. The van der Waals surface area contributed by atoms with Gasteiger partial charge in [0.25, 0.3) is 0 Å². The molecular weight excluding hydrogens is 264 g/mol. The van der Waals surface area contributed by atoms with Crippen LogP contribution in [0.15, 0.2) is 24.3 Å². The van der Waals surface area contributed by atoms with Crippen molar-refractivity contribution in [3.8, 4) is 5.75 Å². The van der Waals surface area contributed by atoms with Gasteiger partial charge in [-0.2, -0.15) is 0 Å². The van der Waals surface area contributed by atoms with Crippen LogP contribution in [0.1, 0.15) is 13.3 Å². The number of carboxylic acids is 1. The van der Waals surface area contributed by atoms with E-state index in [1.807, 2.05) is 0 Å². The number of aliphatic hydroxyl groups is 1. The number of phenols is 1. The number of carbonyl (C=O) groups is 2. The fraction of sp³-hybridized carbons (Fsp3) is 0.385. The summed E-state index contributed by atoms with van der Waals surface area (Å²) in [5, 5.41) is 32.4. The van der Waals surface area contributed by atoms with Crippen LogP contribution in [0, 0.1) is 0 Å². The van der Waals surface area contributed by atoms with Crippen LogP contribution in [-0.2, 0) is 9.59 Å². The summed E-state index contributed by atoms with van der Waals surface area (Å²) in [6.07, 6.45) is -0.983. The highest BCUT2D eigenvalue weighted by Crippen LogP contribution is 2.15. The number of hydrogen-bond acceptors (Lipinski definition) is 5. The molecule has 5 N–H and O–H groups in total. The predicted molar refractivity (Wildman–Crippen MR) is 72.5 cm³/mol. The van der Waals surface area contributed by atoms with E-state index >= 15 is 0 Å². The Morgan fingerprint density at radius 1 is 1.35 bits per heavy atom. The normalized spacial score (nSPS) is 13.5. The molecule has 1 aromatic carbocycles. The maximum atomic E-state index is 11.7. The Hall–Kier alpha value is -2.12. The summed E-state index contributed by atoms with van der Waals surface area (Å²) in [5.41, 5.74) is 0.384. The lowest BCUT2D eigenvalue weighted by Crippen LogP contribution is -2.42. The van der Waals surface area contributed by atoms with Crippen LogP contribution >= 0.6 is 0 Å². The van der Waals surface area contributed by atoms with Crippen LogP contribution in [0.5, 0.6) is 5.75 Å². The third-order valence-corrected chi connectivity index (χ3v) is 2.48. The quantitative estimate of drug-likeness (QED) is 0.485. The van der Waals surface area contributed by atoms with Gasteiger partial charge in [-0.1, -0.05) is 6.07 Å². The van der Waals surface area contributed by atoms with Crippen LogP contribution < -0.4 is 10.6 Å². The van der Waals surface area contributed by atoms with Crippen molar-refractivity contribution < 1.29 is 24.9 Å². The molecule has 0 aliphatic carbocycles. The first-order valence-electron chi connectivity index (χ1n) is 6.11. The average Bonchev–Trinajstić information content (AvgIpc) is 2.33. The zero-order valence-electron chi connectivity index (χ0n) is 11.0. The van der Waals surface area contributed by atoms with E-state index in [1.165, 1.54) is 19.1 Å². The van der Waals surface area contributed by atoms with Crippen LogP contribution in [-0.4, -0.2) is 45.9 Å². The number of aliphatic carboxylic acids is 1. The Bertz CT molecular complexity index is 476. The molecule has 0 saturated heterocycles. The SMILES string of the molecule is CC(O)CNC(CC(=O)Nc1cccc(O)c1)C(=O)O. The van der Waals surface area contributed by atoms with Gasteiger partial charge >= 0.3 is 5.97 Å². The lowest BCUT2D eigenvalue weighted by atomic mass is 10.2. The Balaban J connectivity index is 2.55. The smallest absolute Gasteiger partial charge is 0.321 e. The molecule has 2 atom stereocenters. The lowest BCUT2D eigenvalue weighted by Gasteiger charge is -2.15. The molecular formula is C13H18N2O5. The van der Waals surface area contributed by atoms with E-state index in [0.29, 0.717) is 5.69 Å². The fourth-order valence-electron chi connectivity index (χ4n) is 1.54. The second-order valence-electron chi connectivity index (χ2n) is 4.45. The van der Waals surface area contributed by atoms with Gasteiger partial charge in [-0.25, -0.2) is 0 Å². The minimum Gasteiger partial charge on any atom is -0.508 e. The van der Waals surface area contributed by atoms with E-state index in [4.69, 9.17) is 10.2 Å². The van der Waals surface area contributed by atoms with Crippen LogP contribution in [0.4, 0.5) is 5.69 Å². The predicted octanol–water partition coefficient (Wildman–Crippen LogP) is 0.144. The Morgan fingerprint density at radius 2 is 2.05 bits per heavy atom. The van der Waals surface area contributed by atoms with Crippen LogP contribution in [0.2, 0.25) is 0 Å². The zero-order valence-corrected chi connectivity index (χ0v) is 11.0. The number of aromatic hydroxyl groups is 1. The molecule has 110 valence electrons. The fourth-order valence-corrected chi connectivity index (χ4v) is 1.54. The molecule has 0 spiro atoms. The van der Waals surface area contributed by atoms with Crippen LogP contribution in [0.3, 0.4) is 0 Å².